The van der Waals surface area contributed by atoms with E-state index in [1.807, 2.05) is 11.8 Å². The molecule has 1 heterocycles. The minimum absolute atomic E-state index is 0.371. The number of hydrogen-bond donors (Lipinski definition) is 1. The summed E-state index contributed by atoms with van der Waals surface area (Å²) in [6.45, 7) is 7.83. The van der Waals surface area contributed by atoms with Crippen LogP contribution in [0.5, 0.6) is 0 Å². The minimum Gasteiger partial charge on any atom is -0.480 e. The van der Waals surface area contributed by atoms with E-state index in [1.54, 1.807) is 6.92 Å². The summed E-state index contributed by atoms with van der Waals surface area (Å²) in [5, 5.41) is 8.86. The lowest BCUT2D eigenvalue weighted by atomic mass is 10.2. The number of carboxylic acid groups (broad SMARTS) is 1. The van der Waals surface area contributed by atoms with Crippen LogP contribution < -0.4 is 0 Å². The van der Waals surface area contributed by atoms with Crippen molar-refractivity contribution in [2.24, 2.45) is 0 Å². The zero-order valence-electron chi connectivity index (χ0n) is 9.36. The number of carbonyl (C=O) groups is 1. The monoisotopic (exact) mass is 210 g/mol. The standard InChI is InChI=1S/C11H18N2O2/c1-3-4-5-12-6-8-13(9-7-12)10(2)11(14)15/h10H,5-9H2,1-2H3,(H,14,15). The van der Waals surface area contributed by atoms with Gasteiger partial charge in [0.05, 0.1) is 6.54 Å². The first-order valence-corrected chi connectivity index (χ1v) is 5.24. The van der Waals surface area contributed by atoms with Crippen LogP contribution in [0.3, 0.4) is 0 Å². The molecule has 0 aromatic heterocycles. The quantitative estimate of drug-likeness (QED) is 0.671. The second-order valence-corrected chi connectivity index (χ2v) is 3.75. The second-order valence-electron chi connectivity index (χ2n) is 3.75. The van der Waals surface area contributed by atoms with E-state index in [9.17, 15) is 4.79 Å². The van der Waals surface area contributed by atoms with Gasteiger partial charge in [0.1, 0.15) is 6.04 Å². The summed E-state index contributed by atoms with van der Waals surface area (Å²) in [5.41, 5.74) is 0. The highest BCUT2D eigenvalue weighted by Gasteiger charge is 2.24. The summed E-state index contributed by atoms with van der Waals surface area (Å²) in [6, 6.07) is -0.371. The smallest absolute Gasteiger partial charge is 0.320 e. The van der Waals surface area contributed by atoms with E-state index in [1.165, 1.54) is 0 Å². The van der Waals surface area contributed by atoms with Gasteiger partial charge in [-0.15, -0.1) is 5.92 Å². The zero-order chi connectivity index (χ0) is 11.3. The number of hydrogen-bond acceptors (Lipinski definition) is 3. The van der Waals surface area contributed by atoms with Crippen molar-refractivity contribution in [1.82, 2.24) is 9.80 Å². The summed E-state index contributed by atoms with van der Waals surface area (Å²) < 4.78 is 0. The van der Waals surface area contributed by atoms with Crippen molar-refractivity contribution < 1.29 is 9.90 Å². The fraction of sp³-hybridized carbons (Fsp3) is 0.727. The van der Waals surface area contributed by atoms with E-state index in [4.69, 9.17) is 5.11 Å². The molecule has 15 heavy (non-hydrogen) atoms. The molecule has 1 fully saturated rings. The average molecular weight is 210 g/mol. The van der Waals surface area contributed by atoms with Crippen LogP contribution in [-0.2, 0) is 4.79 Å². The molecule has 0 radical (unpaired) electrons. The predicted octanol–water partition coefficient (Wildman–Crippen LogP) is 0.100. The maximum atomic E-state index is 10.8. The Balaban J connectivity index is 2.34. The molecule has 0 aliphatic carbocycles. The Morgan fingerprint density at radius 2 is 2.00 bits per heavy atom. The topological polar surface area (TPSA) is 43.8 Å². The van der Waals surface area contributed by atoms with E-state index >= 15 is 0 Å². The molecule has 1 saturated heterocycles. The molecular formula is C11H18N2O2. The average Bonchev–Trinajstić information content (AvgIpc) is 2.26. The highest BCUT2D eigenvalue weighted by atomic mass is 16.4. The fourth-order valence-corrected chi connectivity index (χ4v) is 1.66. The maximum absolute atomic E-state index is 10.8. The molecule has 1 atom stereocenters. The Morgan fingerprint density at radius 1 is 1.40 bits per heavy atom. The van der Waals surface area contributed by atoms with Gasteiger partial charge in [-0.05, 0) is 13.8 Å². The third-order valence-electron chi connectivity index (χ3n) is 2.79. The fourth-order valence-electron chi connectivity index (χ4n) is 1.66. The minimum atomic E-state index is -0.739. The van der Waals surface area contributed by atoms with Gasteiger partial charge in [-0.2, -0.15) is 0 Å². The van der Waals surface area contributed by atoms with Gasteiger partial charge < -0.3 is 5.11 Å². The van der Waals surface area contributed by atoms with Crippen molar-refractivity contribution in [1.29, 1.82) is 0 Å². The number of rotatable bonds is 3. The first kappa shape index (κ1) is 12.0. The van der Waals surface area contributed by atoms with E-state index < -0.39 is 5.97 Å². The van der Waals surface area contributed by atoms with Crippen LogP contribution in [-0.4, -0.2) is 59.6 Å². The van der Waals surface area contributed by atoms with Gasteiger partial charge >= 0.3 is 5.97 Å². The van der Waals surface area contributed by atoms with Crippen LogP contribution in [0.4, 0.5) is 0 Å². The molecule has 1 rings (SSSR count). The normalized spacial score (nSPS) is 20.4. The Morgan fingerprint density at radius 3 is 2.47 bits per heavy atom. The molecule has 0 spiro atoms. The van der Waals surface area contributed by atoms with Crippen molar-refractivity contribution in [2.75, 3.05) is 32.7 Å². The predicted molar refractivity (Wildman–Crippen MR) is 58.6 cm³/mol. The summed E-state index contributed by atoms with van der Waals surface area (Å²) in [5.74, 6) is 5.15. The molecule has 1 N–H and O–H groups in total. The third-order valence-corrected chi connectivity index (χ3v) is 2.79. The van der Waals surface area contributed by atoms with Gasteiger partial charge in [0.25, 0.3) is 0 Å². The van der Waals surface area contributed by atoms with Gasteiger partial charge in [0.15, 0.2) is 0 Å². The van der Waals surface area contributed by atoms with Gasteiger partial charge in [-0.3, -0.25) is 14.6 Å². The molecule has 0 aromatic rings. The lowest BCUT2D eigenvalue weighted by molar-refractivity contribution is -0.143. The molecule has 1 aliphatic rings. The lowest BCUT2D eigenvalue weighted by Crippen LogP contribution is -2.51. The Labute approximate surface area is 90.9 Å². The maximum Gasteiger partial charge on any atom is 0.320 e. The zero-order valence-corrected chi connectivity index (χ0v) is 9.36. The number of carboxylic acids is 1. The Kier molecular flexibility index (Phi) is 4.60. The van der Waals surface area contributed by atoms with Crippen LogP contribution in [0.15, 0.2) is 0 Å². The van der Waals surface area contributed by atoms with E-state index in [-0.39, 0.29) is 6.04 Å². The van der Waals surface area contributed by atoms with E-state index in [0.717, 1.165) is 32.7 Å². The largest absolute Gasteiger partial charge is 0.480 e. The number of nitrogens with zero attached hydrogens (tertiary/aromatic N) is 2. The van der Waals surface area contributed by atoms with Gasteiger partial charge in [0.2, 0.25) is 0 Å². The Hall–Kier alpha value is -1.05. The van der Waals surface area contributed by atoms with Crippen molar-refractivity contribution >= 4 is 5.97 Å². The molecule has 0 amide bonds. The van der Waals surface area contributed by atoms with Gasteiger partial charge in [0, 0.05) is 26.2 Å². The third kappa shape index (κ3) is 3.54. The molecule has 1 unspecified atom stereocenters. The van der Waals surface area contributed by atoms with Crippen molar-refractivity contribution in [3.63, 3.8) is 0 Å². The lowest BCUT2D eigenvalue weighted by Gasteiger charge is -2.35. The molecule has 4 heteroatoms. The van der Waals surface area contributed by atoms with Crippen LogP contribution in [0.2, 0.25) is 0 Å². The van der Waals surface area contributed by atoms with Crippen LogP contribution in [0.25, 0.3) is 0 Å². The molecule has 0 saturated carbocycles. The summed E-state index contributed by atoms with van der Waals surface area (Å²) in [4.78, 5) is 15.0. The highest BCUT2D eigenvalue weighted by molar-refractivity contribution is 5.72. The first-order valence-electron chi connectivity index (χ1n) is 5.24. The van der Waals surface area contributed by atoms with E-state index in [2.05, 4.69) is 16.7 Å². The first-order chi connectivity index (χ1) is 7.15. The van der Waals surface area contributed by atoms with Crippen LogP contribution in [0.1, 0.15) is 13.8 Å². The second kappa shape index (κ2) is 5.74. The van der Waals surface area contributed by atoms with Crippen molar-refractivity contribution in [2.45, 2.75) is 19.9 Å². The number of piperazine rings is 1. The summed E-state index contributed by atoms with van der Waals surface area (Å²) >= 11 is 0. The van der Waals surface area contributed by atoms with Gasteiger partial charge in [-0.1, -0.05) is 5.92 Å². The molecule has 84 valence electrons. The highest BCUT2D eigenvalue weighted by Crippen LogP contribution is 2.05. The molecule has 0 aromatic carbocycles. The van der Waals surface area contributed by atoms with E-state index in [0.29, 0.717) is 0 Å². The molecule has 0 bridgehead atoms. The Bertz CT molecular complexity index is 272. The SMILES string of the molecule is CC#CCN1CCN(C(C)C(=O)O)CC1. The number of aliphatic carboxylic acids is 1. The van der Waals surface area contributed by atoms with Crippen LogP contribution >= 0.6 is 0 Å². The van der Waals surface area contributed by atoms with Crippen molar-refractivity contribution in [3.8, 4) is 11.8 Å². The molecular weight excluding hydrogens is 192 g/mol. The molecule has 1 aliphatic heterocycles. The molecule has 4 nitrogen and oxygen atoms in total. The van der Waals surface area contributed by atoms with Crippen LogP contribution in [0, 0.1) is 11.8 Å². The van der Waals surface area contributed by atoms with Gasteiger partial charge in [-0.25, -0.2) is 0 Å². The summed E-state index contributed by atoms with van der Waals surface area (Å²) in [6.07, 6.45) is 0. The van der Waals surface area contributed by atoms with Crippen molar-refractivity contribution in [3.05, 3.63) is 0 Å². The summed E-state index contributed by atoms with van der Waals surface area (Å²) in [7, 11) is 0.